The van der Waals surface area contributed by atoms with E-state index in [2.05, 4.69) is 28.9 Å². The third-order valence-corrected chi connectivity index (χ3v) is 3.60. The van der Waals surface area contributed by atoms with E-state index in [9.17, 15) is 0 Å². The lowest BCUT2D eigenvalue weighted by Gasteiger charge is -2.30. The van der Waals surface area contributed by atoms with Crippen molar-refractivity contribution in [2.24, 2.45) is 5.73 Å². The third kappa shape index (κ3) is 4.54. The molecule has 0 aromatic carbocycles. The van der Waals surface area contributed by atoms with Gasteiger partial charge in [-0.05, 0) is 25.8 Å². The van der Waals surface area contributed by atoms with Crippen molar-refractivity contribution in [1.29, 1.82) is 0 Å². The molecule has 0 radical (unpaired) electrons. The summed E-state index contributed by atoms with van der Waals surface area (Å²) in [4.78, 5) is 6.77. The molecule has 1 saturated heterocycles. The van der Waals surface area contributed by atoms with Crippen LogP contribution in [-0.4, -0.2) is 47.4 Å². The highest BCUT2D eigenvalue weighted by Crippen LogP contribution is 2.17. The minimum absolute atomic E-state index is 0.314. The Balaban J connectivity index is 1.71. The number of hydrogen-bond donors (Lipinski definition) is 1. The van der Waals surface area contributed by atoms with E-state index in [0.717, 1.165) is 57.2 Å². The number of nitrogens with zero attached hydrogens (tertiary/aromatic N) is 3. The highest BCUT2D eigenvalue weighted by molar-refractivity contribution is 4.92. The van der Waals surface area contributed by atoms with Crippen LogP contribution in [0.3, 0.4) is 0 Å². The van der Waals surface area contributed by atoms with Gasteiger partial charge in [0.25, 0.3) is 0 Å². The lowest BCUT2D eigenvalue weighted by atomic mass is 10.1. The molecule has 1 aromatic heterocycles. The van der Waals surface area contributed by atoms with E-state index in [0.29, 0.717) is 18.6 Å². The number of piperidine rings is 1. The largest absolute Gasteiger partial charge is 0.378 e. The second kappa shape index (κ2) is 7.71. The summed E-state index contributed by atoms with van der Waals surface area (Å²) in [5.74, 6) is 1.82. The standard InChI is InChI=1S/C14H26N4O2/c1-11(2)14-16-13(20-17-14)10-18-7-4-12(5-8-18)19-9-3-6-15/h11-12H,3-10,15H2,1-2H3. The van der Waals surface area contributed by atoms with Gasteiger partial charge >= 0.3 is 0 Å². The van der Waals surface area contributed by atoms with Gasteiger partial charge in [-0.3, -0.25) is 4.90 Å². The summed E-state index contributed by atoms with van der Waals surface area (Å²) in [5.41, 5.74) is 5.46. The van der Waals surface area contributed by atoms with Crippen LogP contribution in [0.2, 0.25) is 0 Å². The topological polar surface area (TPSA) is 77.4 Å². The molecular formula is C14H26N4O2. The minimum atomic E-state index is 0.314. The maximum Gasteiger partial charge on any atom is 0.240 e. The summed E-state index contributed by atoms with van der Waals surface area (Å²) in [6.45, 7) is 8.41. The summed E-state index contributed by atoms with van der Waals surface area (Å²) in [5, 5.41) is 4.00. The second-order valence-electron chi connectivity index (χ2n) is 5.69. The molecule has 2 heterocycles. The molecule has 1 aliphatic heterocycles. The van der Waals surface area contributed by atoms with Gasteiger partial charge in [0.1, 0.15) is 0 Å². The van der Waals surface area contributed by atoms with Gasteiger partial charge in [-0.2, -0.15) is 4.98 Å². The maximum atomic E-state index is 5.80. The van der Waals surface area contributed by atoms with Gasteiger partial charge < -0.3 is 15.0 Å². The average Bonchev–Trinajstić information content (AvgIpc) is 2.90. The zero-order chi connectivity index (χ0) is 14.4. The molecule has 0 atom stereocenters. The molecule has 0 saturated carbocycles. The van der Waals surface area contributed by atoms with Gasteiger partial charge in [0.15, 0.2) is 5.82 Å². The van der Waals surface area contributed by atoms with Crippen molar-refractivity contribution in [3.63, 3.8) is 0 Å². The van der Waals surface area contributed by atoms with Crippen LogP contribution < -0.4 is 5.73 Å². The van der Waals surface area contributed by atoms with Gasteiger partial charge in [0, 0.05) is 25.6 Å². The summed E-state index contributed by atoms with van der Waals surface area (Å²) in [7, 11) is 0. The Kier molecular flexibility index (Phi) is 5.94. The maximum absolute atomic E-state index is 5.80. The van der Waals surface area contributed by atoms with Crippen LogP contribution in [-0.2, 0) is 11.3 Å². The fraction of sp³-hybridized carbons (Fsp3) is 0.857. The zero-order valence-corrected chi connectivity index (χ0v) is 12.5. The van der Waals surface area contributed by atoms with E-state index in [1.165, 1.54) is 0 Å². The van der Waals surface area contributed by atoms with E-state index in [1.807, 2.05) is 0 Å². The van der Waals surface area contributed by atoms with E-state index in [-0.39, 0.29) is 0 Å². The van der Waals surface area contributed by atoms with Crippen LogP contribution in [0, 0.1) is 0 Å². The van der Waals surface area contributed by atoms with Crippen LogP contribution >= 0.6 is 0 Å². The Morgan fingerprint density at radius 2 is 2.15 bits per heavy atom. The van der Waals surface area contributed by atoms with E-state index in [4.69, 9.17) is 15.0 Å². The van der Waals surface area contributed by atoms with Gasteiger partial charge in [-0.1, -0.05) is 19.0 Å². The quantitative estimate of drug-likeness (QED) is 0.764. The first kappa shape index (κ1) is 15.4. The number of likely N-dealkylation sites (tertiary alicyclic amines) is 1. The van der Waals surface area contributed by atoms with Crippen LogP contribution in [0.4, 0.5) is 0 Å². The smallest absolute Gasteiger partial charge is 0.240 e. The van der Waals surface area contributed by atoms with Gasteiger partial charge in [-0.15, -0.1) is 0 Å². The lowest BCUT2D eigenvalue weighted by molar-refractivity contribution is 0.00381. The summed E-state index contributed by atoms with van der Waals surface area (Å²) in [6, 6.07) is 0. The Labute approximate surface area is 120 Å². The number of nitrogens with two attached hydrogens (primary N) is 1. The first-order valence-corrected chi connectivity index (χ1v) is 7.55. The van der Waals surface area contributed by atoms with E-state index < -0.39 is 0 Å². The molecule has 114 valence electrons. The molecule has 0 unspecified atom stereocenters. The SMILES string of the molecule is CC(C)c1noc(CN2CCC(OCCCN)CC2)n1. The Hall–Kier alpha value is -0.980. The zero-order valence-electron chi connectivity index (χ0n) is 12.5. The molecule has 0 bridgehead atoms. The van der Waals surface area contributed by atoms with Crippen LogP contribution in [0.15, 0.2) is 4.52 Å². The van der Waals surface area contributed by atoms with Crippen LogP contribution in [0.5, 0.6) is 0 Å². The van der Waals surface area contributed by atoms with Crippen molar-refractivity contribution in [1.82, 2.24) is 15.0 Å². The number of rotatable bonds is 7. The second-order valence-corrected chi connectivity index (χ2v) is 5.69. The first-order valence-electron chi connectivity index (χ1n) is 7.55. The van der Waals surface area contributed by atoms with Gasteiger partial charge in [0.05, 0.1) is 12.6 Å². The molecule has 20 heavy (non-hydrogen) atoms. The average molecular weight is 282 g/mol. The predicted molar refractivity (Wildman–Crippen MR) is 76.3 cm³/mol. The Bertz CT molecular complexity index is 386. The van der Waals surface area contributed by atoms with Crippen LogP contribution in [0.1, 0.15) is 50.7 Å². The highest BCUT2D eigenvalue weighted by atomic mass is 16.5. The first-order chi connectivity index (χ1) is 9.69. The van der Waals surface area contributed by atoms with Crippen molar-refractivity contribution in [3.8, 4) is 0 Å². The summed E-state index contributed by atoms with van der Waals surface area (Å²) >= 11 is 0. The van der Waals surface area contributed by atoms with Crippen molar-refractivity contribution < 1.29 is 9.26 Å². The van der Waals surface area contributed by atoms with Gasteiger partial charge in [0.2, 0.25) is 5.89 Å². The monoisotopic (exact) mass is 282 g/mol. The fourth-order valence-corrected chi connectivity index (χ4v) is 2.33. The molecule has 1 aliphatic rings. The molecule has 0 aliphatic carbocycles. The van der Waals surface area contributed by atoms with Gasteiger partial charge in [-0.25, -0.2) is 0 Å². The van der Waals surface area contributed by atoms with Crippen molar-refractivity contribution in [2.45, 2.75) is 51.7 Å². The minimum Gasteiger partial charge on any atom is -0.378 e. The molecular weight excluding hydrogens is 256 g/mol. The van der Waals surface area contributed by atoms with Crippen molar-refractivity contribution in [2.75, 3.05) is 26.2 Å². The molecule has 6 heteroatoms. The number of hydrogen-bond acceptors (Lipinski definition) is 6. The highest BCUT2D eigenvalue weighted by Gasteiger charge is 2.21. The van der Waals surface area contributed by atoms with E-state index in [1.54, 1.807) is 0 Å². The molecule has 1 aromatic rings. The predicted octanol–water partition coefficient (Wildman–Crippen LogP) is 1.52. The molecule has 6 nitrogen and oxygen atoms in total. The fourth-order valence-electron chi connectivity index (χ4n) is 2.33. The molecule has 0 amide bonds. The van der Waals surface area contributed by atoms with Crippen molar-refractivity contribution >= 4 is 0 Å². The Morgan fingerprint density at radius 1 is 1.40 bits per heavy atom. The molecule has 2 rings (SSSR count). The summed E-state index contributed by atoms with van der Waals surface area (Å²) < 4.78 is 11.1. The van der Waals surface area contributed by atoms with E-state index >= 15 is 0 Å². The molecule has 2 N–H and O–H groups in total. The summed E-state index contributed by atoms with van der Waals surface area (Å²) in [6.07, 6.45) is 3.46. The third-order valence-electron chi connectivity index (χ3n) is 3.60. The van der Waals surface area contributed by atoms with Crippen molar-refractivity contribution in [3.05, 3.63) is 11.7 Å². The molecule has 0 spiro atoms. The Morgan fingerprint density at radius 3 is 2.75 bits per heavy atom. The normalized spacial score (nSPS) is 18.0. The number of ether oxygens (including phenoxy) is 1. The molecule has 1 fully saturated rings. The lowest BCUT2D eigenvalue weighted by Crippen LogP contribution is -2.36. The number of aromatic nitrogens is 2. The van der Waals surface area contributed by atoms with Crippen LogP contribution in [0.25, 0.3) is 0 Å².